The van der Waals surface area contributed by atoms with Crippen LogP contribution in [0, 0.1) is 5.41 Å². The van der Waals surface area contributed by atoms with E-state index in [0.717, 1.165) is 17.9 Å². The van der Waals surface area contributed by atoms with E-state index >= 15 is 0 Å². The molecule has 1 atom stereocenters. The number of carbonyl (C=O) groups is 2. The van der Waals surface area contributed by atoms with Crippen molar-refractivity contribution in [3.8, 4) is 0 Å². The Hall–Kier alpha value is -1.75. The van der Waals surface area contributed by atoms with Gasteiger partial charge in [-0.05, 0) is 49.8 Å². The standard InChI is InChI=1S/C17H21ClN2O3/c1-17(15(21)22)5-6-20(10-17)16(23)19-14-8-12(9-14)11-3-2-4-13(18)7-11/h2-4,7,12,14H,5-6,8-10H2,1H3,(H,19,23)(H,21,22). The Labute approximate surface area is 140 Å². The minimum atomic E-state index is -0.836. The Kier molecular flexibility index (Phi) is 4.23. The summed E-state index contributed by atoms with van der Waals surface area (Å²) in [5.74, 6) is -0.403. The molecule has 6 heteroatoms. The van der Waals surface area contributed by atoms with Gasteiger partial charge in [-0.1, -0.05) is 23.7 Å². The second-order valence-corrected chi connectivity index (χ2v) is 7.34. The first-order chi connectivity index (χ1) is 10.9. The van der Waals surface area contributed by atoms with Crippen LogP contribution in [-0.2, 0) is 4.79 Å². The van der Waals surface area contributed by atoms with Gasteiger partial charge >= 0.3 is 12.0 Å². The molecule has 5 nitrogen and oxygen atoms in total. The monoisotopic (exact) mass is 336 g/mol. The first-order valence-corrected chi connectivity index (χ1v) is 8.29. The van der Waals surface area contributed by atoms with E-state index in [1.54, 1.807) is 11.8 Å². The number of carbonyl (C=O) groups excluding carboxylic acids is 1. The largest absolute Gasteiger partial charge is 0.481 e. The molecular weight excluding hydrogens is 316 g/mol. The quantitative estimate of drug-likeness (QED) is 0.891. The first-order valence-electron chi connectivity index (χ1n) is 7.92. The van der Waals surface area contributed by atoms with Crippen LogP contribution < -0.4 is 5.32 Å². The molecule has 0 spiro atoms. The molecule has 23 heavy (non-hydrogen) atoms. The Bertz CT molecular complexity index is 630. The lowest BCUT2D eigenvalue weighted by Gasteiger charge is -2.37. The number of carboxylic acid groups (broad SMARTS) is 1. The summed E-state index contributed by atoms with van der Waals surface area (Å²) >= 11 is 6.00. The van der Waals surface area contributed by atoms with Gasteiger partial charge in [-0.2, -0.15) is 0 Å². The number of hydrogen-bond acceptors (Lipinski definition) is 2. The fourth-order valence-electron chi connectivity index (χ4n) is 3.34. The summed E-state index contributed by atoms with van der Waals surface area (Å²) in [4.78, 5) is 25.1. The van der Waals surface area contributed by atoms with Gasteiger partial charge in [-0.15, -0.1) is 0 Å². The summed E-state index contributed by atoms with van der Waals surface area (Å²) in [5.41, 5.74) is 0.392. The van der Waals surface area contributed by atoms with Crippen molar-refractivity contribution in [2.24, 2.45) is 5.41 Å². The molecule has 0 radical (unpaired) electrons. The molecule has 0 aromatic heterocycles. The Morgan fingerprint density at radius 1 is 1.39 bits per heavy atom. The number of nitrogens with one attached hydrogen (secondary N) is 1. The molecule has 124 valence electrons. The van der Waals surface area contributed by atoms with Crippen molar-refractivity contribution in [2.45, 2.75) is 38.1 Å². The van der Waals surface area contributed by atoms with Gasteiger partial charge < -0.3 is 15.3 Å². The summed E-state index contributed by atoms with van der Waals surface area (Å²) in [6.45, 7) is 2.47. The maximum atomic E-state index is 12.3. The Morgan fingerprint density at radius 2 is 2.13 bits per heavy atom. The van der Waals surface area contributed by atoms with E-state index in [1.165, 1.54) is 5.56 Å². The van der Waals surface area contributed by atoms with E-state index in [-0.39, 0.29) is 18.6 Å². The van der Waals surface area contributed by atoms with Gasteiger partial charge in [0.25, 0.3) is 0 Å². The second-order valence-electron chi connectivity index (χ2n) is 6.91. The molecule has 2 N–H and O–H groups in total. The van der Waals surface area contributed by atoms with Gasteiger partial charge in [-0.3, -0.25) is 4.79 Å². The second kappa shape index (κ2) is 6.04. The molecular formula is C17H21ClN2O3. The van der Waals surface area contributed by atoms with Gasteiger partial charge in [0.05, 0.1) is 5.41 Å². The lowest BCUT2D eigenvalue weighted by atomic mass is 9.76. The van der Waals surface area contributed by atoms with Gasteiger partial charge in [0, 0.05) is 24.2 Å². The Balaban J connectivity index is 1.49. The zero-order chi connectivity index (χ0) is 16.6. The van der Waals surface area contributed by atoms with Gasteiger partial charge in [0.1, 0.15) is 0 Å². The van der Waals surface area contributed by atoms with Crippen LogP contribution in [0.2, 0.25) is 5.02 Å². The topological polar surface area (TPSA) is 69.6 Å². The first kappa shape index (κ1) is 16.1. The van der Waals surface area contributed by atoms with Crippen molar-refractivity contribution >= 4 is 23.6 Å². The number of nitrogens with zero attached hydrogens (tertiary/aromatic N) is 1. The Morgan fingerprint density at radius 3 is 2.74 bits per heavy atom. The van der Waals surface area contributed by atoms with E-state index in [0.29, 0.717) is 18.9 Å². The lowest BCUT2D eigenvalue weighted by molar-refractivity contribution is -0.147. The third-order valence-electron chi connectivity index (χ3n) is 5.06. The predicted molar refractivity (Wildman–Crippen MR) is 87.7 cm³/mol. The molecule has 1 saturated carbocycles. The highest BCUT2D eigenvalue weighted by Crippen LogP contribution is 2.38. The minimum Gasteiger partial charge on any atom is -0.481 e. The highest BCUT2D eigenvalue weighted by atomic mass is 35.5. The molecule has 1 unspecified atom stereocenters. The number of urea groups is 1. The molecule has 1 aliphatic heterocycles. The summed E-state index contributed by atoms with van der Waals surface area (Å²) < 4.78 is 0. The number of aliphatic carboxylic acids is 1. The van der Waals surface area contributed by atoms with Crippen LogP contribution in [0.3, 0.4) is 0 Å². The van der Waals surface area contributed by atoms with Crippen LogP contribution in [0.15, 0.2) is 24.3 Å². The molecule has 1 aromatic carbocycles. The van der Waals surface area contributed by atoms with E-state index in [4.69, 9.17) is 11.6 Å². The summed E-state index contributed by atoms with van der Waals surface area (Å²) in [6.07, 6.45) is 2.30. The molecule has 0 bridgehead atoms. The van der Waals surface area contributed by atoms with Crippen LogP contribution in [0.4, 0.5) is 4.79 Å². The maximum absolute atomic E-state index is 12.3. The maximum Gasteiger partial charge on any atom is 0.317 e. The normalized spacial score (nSPS) is 29.9. The number of amides is 2. The van der Waals surface area contributed by atoms with Gasteiger partial charge in [0.2, 0.25) is 0 Å². The fourth-order valence-corrected chi connectivity index (χ4v) is 3.54. The zero-order valence-corrected chi connectivity index (χ0v) is 13.8. The fraction of sp³-hybridized carbons (Fsp3) is 0.529. The van der Waals surface area contributed by atoms with Crippen molar-refractivity contribution in [1.29, 1.82) is 0 Å². The number of carboxylic acids is 1. The molecule has 2 fully saturated rings. The summed E-state index contributed by atoms with van der Waals surface area (Å²) in [5, 5.41) is 13.0. The molecule has 1 aromatic rings. The minimum absolute atomic E-state index is 0.149. The molecule has 2 aliphatic rings. The SMILES string of the molecule is CC1(C(=O)O)CCN(C(=O)NC2CC(c3cccc(Cl)c3)C2)C1. The zero-order valence-electron chi connectivity index (χ0n) is 13.1. The van der Waals surface area contributed by atoms with Gasteiger partial charge in [-0.25, -0.2) is 4.79 Å². The highest BCUT2D eigenvalue weighted by molar-refractivity contribution is 6.30. The summed E-state index contributed by atoms with van der Waals surface area (Å²) in [6, 6.07) is 7.85. The molecule has 1 saturated heterocycles. The van der Waals surface area contributed by atoms with Crippen molar-refractivity contribution in [2.75, 3.05) is 13.1 Å². The molecule has 1 aliphatic carbocycles. The van der Waals surface area contributed by atoms with Crippen LogP contribution in [0.1, 0.15) is 37.7 Å². The predicted octanol–water partition coefficient (Wildman–Crippen LogP) is 3.09. The van der Waals surface area contributed by atoms with Crippen molar-refractivity contribution < 1.29 is 14.7 Å². The lowest BCUT2D eigenvalue weighted by Crippen LogP contribution is -2.49. The van der Waals surface area contributed by atoms with E-state index in [1.807, 2.05) is 18.2 Å². The highest BCUT2D eigenvalue weighted by Gasteiger charge is 2.43. The molecule has 1 heterocycles. The number of likely N-dealkylation sites (tertiary alicyclic amines) is 1. The average molecular weight is 337 g/mol. The third-order valence-corrected chi connectivity index (χ3v) is 5.30. The van der Waals surface area contributed by atoms with E-state index in [2.05, 4.69) is 11.4 Å². The number of benzene rings is 1. The van der Waals surface area contributed by atoms with Crippen LogP contribution in [0.5, 0.6) is 0 Å². The van der Waals surface area contributed by atoms with Crippen LogP contribution >= 0.6 is 11.6 Å². The molecule has 3 rings (SSSR count). The van der Waals surface area contributed by atoms with Crippen LogP contribution in [-0.4, -0.2) is 41.1 Å². The van der Waals surface area contributed by atoms with E-state index in [9.17, 15) is 14.7 Å². The van der Waals surface area contributed by atoms with Crippen molar-refractivity contribution in [3.05, 3.63) is 34.9 Å². The molecule has 2 amide bonds. The summed E-state index contributed by atoms with van der Waals surface area (Å²) in [7, 11) is 0. The third kappa shape index (κ3) is 3.29. The smallest absolute Gasteiger partial charge is 0.317 e. The number of halogens is 1. The number of hydrogen-bond donors (Lipinski definition) is 2. The van der Waals surface area contributed by atoms with Gasteiger partial charge in [0.15, 0.2) is 0 Å². The van der Waals surface area contributed by atoms with Crippen molar-refractivity contribution in [1.82, 2.24) is 10.2 Å². The van der Waals surface area contributed by atoms with E-state index < -0.39 is 11.4 Å². The number of rotatable bonds is 3. The van der Waals surface area contributed by atoms with Crippen molar-refractivity contribution in [3.63, 3.8) is 0 Å². The average Bonchev–Trinajstić information content (AvgIpc) is 2.86. The van der Waals surface area contributed by atoms with Crippen LogP contribution in [0.25, 0.3) is 0 Å².